The van der Waals surface area contributed by atoms with Gasteiger partial charge in [0.05, 0.1) is 0 Å². The number of hydrogen-bond donors (Lipinski definition) is 0. The van der Waals surface area contributed by atoms with Crippen molar-refractivity contribution < 1.29 is 13.6 Å². The Balaban J connectivity index is 1.68. The molecule has 3 rings (SSSR count). The molecule has 3 nitrogen and oxygen atoms in total. The number of likely N-dealkylation sites (tertiary alicyclic amines) is 1. The van der Waals surface area contributed by atoms with E-state index in [0.29, 0.717) is 13.0 Å². The summed E-state index contributed by atoms with van der Waals surface area (Å²) in [6, 6.07) is 13.0. The lowest BCUT2D eigenvalue weighted by Gasteiger charge is -2.39. The van der Waals surface area contributed by atoms with Crippen LogP contribution in [0.15, 0.2) is 48.5 Å². The van der Waals surface area contributed by atoms with Gasteiger partial charge in [0.1, 0.15) is 11.6 Å². The van der Waals surface area contributed by atoms with Crippen LogP contribution < -0.4 is 4.90 Å². The van der Waals surface area contributed by atoms with E-state index in [1.165, 1.54) is 18.2 Å². The van der Waals surface area contributed by atoms with Crippen LogP contribution in [0.4, 0.5) is 14.5 Å². The molecule has 1 heterocycles. The molecule has 0 unspecified atom stereocenters. The molecule has 5 heteroatoms. The van der Waals surface area contributed by atoms with Crippen LogP contribution in [-0.4, -0.2) is 29.9 Å². The number of amides is 1. The highest BCUT2D eigenvalue weighted by Gasteiger charge is 2.29. The number of nitrogens with zero attached hydrogens (tertiary/aromatic N) is 2. The second-order valence-electron chi connectivity index (χ2n) is 7.98. The summed E-state index contributed by atoms with van der Waals surface area (Å²) in [4.78, 5) is 17.1. The van der Waals surface area contributed by atoms with E-state index in [2.05, 4.69) is 4.90 Å². The van der Waals surface area contributed by atoms with E-state index in [9.17, 15) is 13.6 Å². The molecular formula is C23H28F2N2O. The van der Waals surface area contributed by atoms with Crippen molar-refractivity contribution in [2.24, 2.45) is 5.92 Å². The number of carbonyl (C=O) groups excluding carboxylic acids is 1. The molecule has 150 valence electrons. The second-order valence-corrected chi connectivity index (χ2v) is 7.98. The van der Waals surface area contributed by atoms with E-state index >= 15 is 0 Å². The maximum absolute atomic E-state index is 13.4. The number of carbonyl (C=O) groups is 1. The van der Waals surface area contributed by atoms with Crippen molar-refractivity contribution in [1.29, 1.82) is 0 Å². The summed E-state index contributed by atoms with van der Waals surface area (Å²) in [5.41, 5.74) is 1.72. The van der Waals surface area contributed by atoms with Gasteiger partial charge in [-0.25, -0.2) is 8.78 Å². The maximum atomic E-state index is 13.4. The monoisotopic (exact) mass is 386 g/mol. The van der Waals surface area contributed by atoms with E-state index in [1.807, 2.05) is 24.8 Å². The van der Waals surface area contributed by atoms with E-state index < -0.39 is 0 Å². The number of piperidine rings is 1. The van der Waals surface area contributed by atoms with Crippen molar-refractivity contribution in [2.45, 2.75) is 45.7 Å². The molecule has 1 aliphatic rings. The van der Waals surface area contributed by atoms with Crippen LogP contribution >= 0.6 is 0 Å². The number of hydrogen-bond acceptors (Lipinski definition) is 2. The van der Waals surface area contributed by atoms with E-state index in [0.717, 1.165) is 37.2 Å². The topological polar surface area (TPSA) is 23.6 Å². The fourth-order valence-electron chi connectivity index (χ4n) is 3.84. The van der Waals surface area contributed by atoms with Gasteiger partial charge in [-0.3, -0.25) is 9.69 Å². The first kappa shape index (κ1) is 20.5. The average molecular weight is 386 g/mol. The molecule has 0 N–H and O–H groups in total. The predicted octanol–water partition coefficient (Wildman–Crippen LogP) is 5.01. The zero-order valence-electron chi connectivity index (χ0n) is 16.6. The van der Waals surface area contributed by atoms with Crippen LogP contribution in [0.25, 0.3) is 0 Å². The predicted molar refractivity (Wildman–Crippen MR) is 108 cm³/mol. The van der Waals surface area contributed by atoms with Crippen molar-refractivity contribution in [1.82, 2.24) is 4.90 Å². The zero-order valence-corrected chi connectivity index (χ0v) is 16.6. The van der Waals surface area contributed by atoms with Gasteiger partial charge in [-0.2, -0.15) is 0 Å². The molecular weight excluding hydrogens is 358 g/mol. The minimum Gasteiger partial charge on any atom is -0.309 e. The minimum absolute atomic E-state index is 0.0881. The molecule has 1 amide bonds. The van der Waals surface area contributed by atoms with Gasteiger partial charge in [0.15, 0.2) is 0 Å². The van der Waals surface area contributed by atoms with Crippen LogP contribution in [0, 0.1) is 17.6 Å². The molecule has 0 atom stereocenters. The lowest BCUT2D eigenvalue weighted by atomic mass is 9.99. The Kier molecular flexibility index (Phi) is 6.79. The maximum Gasteiger partial charge on any atom is 0.227 e. The van der Waals surface area contributed by atoms with Crippen molar-refractivity contribution in [3.8, 4) is 0 Å². The summed E-state index contributed by atoms with van der Waals surface area (Å²) in [6.45, 7) is 6.45. The molecule has 0 aromatic heterocycles. The van der Waals surface area contributed by atoms with E-state index in [4.69, 9.17) is 0 Å². The first-order valence-corrected chi connectivity index (χ1v) is 9.97. The van der Waals surface area contributed by atoms with Gasteiger partial charge >= 0.3 is 0 Å². The Hall–Kier alpha value is -2.27. The molecule has 0 radical (unpaired) electrons. The van der Waals surface area contributed by atoms with Gasteiger partial charge in [0.25, 0.3) is 0 Å². The molecule has 1 aliphatic heterocycles. The molecule has 1 saturated heterocycles. The molecule has 0 spiro atoms. The minimum atomic E-state index is -0.301. The first-order chi connectivity index (χ1) is 13.4. The summed E-state index contributed by atoms with van der Waals surface area (Å²) in [6.07, 6.45) is 2.16. The molecule has 1 fully saturated rings. The quantitative estimate of drug-likeness (QED) is 0.697. The molecule has 28 heavy (non-hydrogen) atoms. The lowest BCUT2D eigenvalue weighted by molar-refractivity contribution is -0.120. The van der Waals surface area contributed by atoms with Gasteiger partial charge in [-0.1, -0.05) is 26.0 Å². The van der Waals surface area contributed by atoms with E-state index in [1.54, 1.807) is 24.3 Å². The molecule has 0 aliphatic carbocycles. The van der Waals surface area contributed by atoms with Crippen LogP contribution in [-0.2, 0) is 11.3 Å². The Bertz CT molecular complexity index is 783. The number of anilines is 1. The molecule has 0 bridgehead atoms. The zero-order chi connectivity index (χ0) is 20.1. The molecule has 2 aromatic carbocycles. The van der Waals surface area contributed by atoms with Gasteiger partial charge in [0, 0.05) is 37.8 Å². The van der Waals surface area contributed by atoms with Crippen LogP contribution in [0.1, 0.15) is 38.7 Å². The largest absolute Gasteiger partial charge is 0.309 e. The standard InChI is InChI=1S/C23H28F2N2O/c1-17(2)14-23(28)27(21-8-6-19(24)7-9-21)22-10-12-26(13-11-22)16-18-4-3-5-20(25)15-18/h3-9,15,17,22H,10-14,16H2,1-2H3. The smallest absolute Gasteiger partial charge is 0.227 e. The number of halogens is 2. The summed E-state index contributed by atoms with van der Waals surface area (Å²) in [5, 5.41) is 0. The van der Waals surface area contributed by atoms with Crippen molar-refractivity contribution >= 4 is 11.6 Å². The first-order valence-electron chi connectivity index (χ1n) is 9.97. The van der Waals surface area contributed by atoms with Crippen LogP contribution in [0.3, 0.4) is 0 Å². The third-order valence-electron chi connectivity index (χ3n) is 5.17. The highest BCUT2D eigenvalue weighted by molar-refractivity contribution is 5.94. The van der Waals surface area contributed by atoms with Crippen LogP contribution in [0.5, 0.6) is 0 Å². The highest BCUT2D eigenvalue weighted by Crippen LogP contribution is 2.26. The highest BCUT2D eigenvalue weighted by atomic mass is 19.1. The van der Waals surface area contributed by atoms with Crippen molar-refractivity contribution in [3.05, 3.63) is 65.7 Å². The summed E-state index contributed by atoms with van der Waals surface area (Å²) < 4.78 is 26.8. The number of rotatable bonds is 6. The summed E-state index contributed by atoms with van der Waals surface area (Å²) in [5.74, 6) is -0.159. The SMILES string of the molecule is CC(C)CC(=O)N(c1ccc(F)cc1)C1CCN(Cc2cccc(F)c2)CC1. The van der Waals surface area contributed by atoms with Gasteiger partial charge in [-0.05, 0) is 60.7 Å². The van der Waals surface area contributed by atoms with Gasteiger partial charge in [-0.15, -0.1) is 0 Å². The van der Waals surface area contributed by atoms with Crippen molar-refractivity contribution in [3.63, 3.8) is 0 Å². The summed E-state index contributed by atoms with van der Waals surface area (Å²) >= 11 is 0. The fraction of sp³-hybridized carbons (Fsp3) is 0.435. The number of benzene rings is 2. The lowest BCUT2D eigenvalue weighted by Crippen LogP contribution is -2.47. The summed E-state index contributed by atoms with van der Waals surface area (Å²) in [7, 11) is 0. The third-order valence-corrected chi connectivity index (χ3v) is 5.17. The van der Waals surface area contributed by atoms with Gasteiger partial charge in [0.2, 0.25) is 5.91 Å². The van der Waals surface area contributed by atoms with Crippen LogP contribution in [0.2, 0.25) is 0 Å². The Morgan fingerprint density at radius 3 is 2.36 bits per heavy atom. The molecule has 2 aromatic rings. The van der Waals surface area contributed by atoms with Crippen molar-refractivity contribution in [2.75, 3.05) is 18.0 Å². The molecule has 0 saturated carbocycles. The van der Waals surface area contributed by atoms with Gasteiger partial charge < -0.3 is 4.90 Å². The second kappa shape index (κ2) is 9.28. The van der Waals surface area contributed by atoms with E-state index in [-0.39, 0.29) is 29.5 Å². The normalized spacial score (nSPS) is 15.8. The fourth-order valence-corrected chi connectivity index (χ4v) is 3.84. The average Bonchev–Trinajstić information content (AvgIpc) is 2.64. The Morgan fingerprint density at radius 2 is 1.75 bits per heavy atom. The Morgan fingerprint density at radius 1 is 1.07 bits per heavy atom. The Labute approximate surface area is 166 Å². The third kappa shape index (κ3) is 5.38.